The van der Waals surface area contributed by atoms with E-state index in [2.05, 4.69) is 12.1 Å². The lowest BCUT2D eigenvalue weighted by Gasteiger charge is -2.16. The van der Waals surface area contributed by atoms with Crippen molar-refractivity contribution < 1.29 is 4.79 Å². The van der Waals surface area contributed by atoms with Crippen LogP contribution in [0.4, 0.5) is 5.69 Å². The third-order valence-corrected chi connectivity index (χ3v) is 3.06. The molecule has 1 aromatic rings. The van der Waals surface area contributed by atoms with Gasteiger partial charge >= 0.3 is 0 Å². The van der Waals surface area contributed by atoms with Crippen molar-refractivity contribution in [3.8, 4) is 0 Å². The maximum atomic E-state index is 11.7. The van der Waals surface area contributed by atoms with Crippen LogP contribution in [0.3, 0.4) is 0 Å². The van der Waals surface area contributed by atoms with E-state index < -0.39 is 0 Å². The first-order chi connectivity index (χ1) is 6.84. The predicted molar refractivity (Wildman–Crippen MR) is 55.2 cm³/mol. The van der Waals surface area contributed by atoms with Crippen LogP contribution >= 0.6 is 0 Å². The van der Waals surface area contributed by atoms with Crippen LogP contribution in [-0.2, 0) is 11.2 Å². The fourth-order valence-electron chi connectivity index (χ4n) is 2.08. The molecule has 1 fully saturated rings. The molecule has 0 N–H and O–H groups in total. The van der Waals surface area contributed by atoms with Gasteiger partial charge in [0.05, 0.1) is 6.42 Å². The highest BCUT2D eigenvalue weighted by molar-refractivity contribution is 6.01. The molecule has 0 spiro atoms. The zero-order valence-corrected chi connectivity index (χ0v) is 8.07. The Morgan fingerprint density at radius 2 is 2.07 bits per heavy atom. The second-order valence-electron chi connectivity index (χ2n) is 4.25. The highest BCUT2D eigenvalue weighted by Crippen LogP contribution is 2.35. The molecular weight excluding hydrogens is 174 g/mol. The van der Waals surface area contributed by atoms with Crippen molar-refractivity contribution in [3.63, 3.8) is 0 Å². The number of para-hydroxylation sites is 1. The number of amides is 1. The van der Waals surface area contributed by atoms with Gasteiger partial charge in [-0.2, -0.15) is 0 Å². The van der Waals surface area contributed by atoms with Gasteiger partial charge in [-0.3, -0.25) is 4.79 Å². The molecule has 0 atom stereocenters. The van der Waals surface area contributed by atoms with Gasteiger partial charge in [-0.15, -0.1) is 0 Å². The van der Waals surface area contributed by atoms with Crippen LogP contribution < -0.4 is 4.90 Å². The summed E-state index contributed by atoms with van der Waals surface area (Å²) in [5.41, 5.74) is 2.34. The van der Waals surface area contributed by atoms with Crippen molar-refractivity contribution in [2.75, 3.05) is 11.4 Å². The Morgan fingerprint density at radius 3 is 2.86 bits per heavy atom. The zero-order chi connectivity index (χ0) is 9.54. The normalized spacial score (nSPS) is 20.0. The first-order valence-corrected chi connectivity index (χ1v) is 5.23. The molecule has 1 saturated carbocycles. The molecule has 1 amide bonds. The molecule has 0 aromatic heterocycles. The number of carbonyl (C=O) groups excluding carboxylic acids is 1. The van der Waals surface area contributed by atoms with E-state index in [1.807, 2.05) is 17.0 Å². The number of fused-ring (bicyclic) bond motifs is 1. The van der Waals surface area contributed by atoms with Gasteiger partial charge in [0.15, 0.2) is 0 Å². The van der Waals surface area contributed by atoms with Gasteiger partial charge < -0.3 is 4.90 Å². The Bertz CT molecular complexity index is 382. The minimum absolute atomic E-state index is 0.276. The van der Waals surface area contributed by atoms with Crippen molar-refractivity contribution in [3.05, 3.63) is 29.8 Å². The topological polar surface area (TPSA) is 20.3 Å². The smallest absolute Gasteiger partial charge is 0.231 e. The molecule has 0 unspecified atom stereocenters. The summed E-state index contributed by atoms with van der Waals surface area (Å²) < 4.78 is 0. The van der Waals surface area contributed by atoms with E-state index in [0.29, 0.717) is 6.42 Å². The number of hydrogen-bond acceptors (Lipinski definition) is 1. The van der Waals surface area contributed by atoms with Gasteiger partial charge in [-0.25, -0.2) is 0 Å². The molecule has 1 aliphatic carbocycles. The average molecular weight is 187 g/mol. The molecule has 2 heteroatoms. The Kier molecular flexibility index (Phi) is 1.63. The van der Waals surface area contributed by atoms with Gasteiger partial charge in [-0.1, -0.05) is 18.2 Å². The van der Waals surface area contributed by atoms with Crippen molar-refractivity contribution in [1.29, 1.82) is 0 Å². The van der Waals surface area contributed by atoms with Gasteiger partial charge in [0.25, 0.3) is 0 Å². The SMILES string of the molecule is O=C1Cc2ccccc2N1CC1CC1. The highest BCUT2D eigenvalue weighted by atomic mass is 16.2. The van der Waals surface area contributed by atoms with E-state index in [0.717, 1.165) is 18.2 Å². The zero-order valence-electron chi connectivity index (χ0n) is 8.07. The largest absolute Gasteiger partial charge is 0.312 e. The predicted octanol–water partition coefficient (Wildman–Crippen LogP) is 1.99. The number of nitrogens with zero attached hydrogens (tertiary/aromatic N) is 1. The van der Waals surface area contributed by atoms with Crippen LogP contribution in [0.15, 0.2) is 24.3 Å². The van der Waals surface area contributed by atoms with Crippen LogP contribution in [0, 0.1) is 5.92 Å². The Morgan fingerprint density at radius 1 is 1.29 bits per heavy atom. The second-order valence-corrected chi connectivity index (χ2v) is 4.25. The van der Waals surface area contributed by atoms with Crippen LogP contribution in [0.2, 0.25) is 0 Å². The molecule has 2 nitrogen and oxygen atoms in total. The van der Waals surface area contributed by atoms with Crippen molar-refractivity contribution >= 4 is 11.6 Å². The summed E-state index contributed by atoms with van der Waals surface area (Å²) in [6.45, 7) is 0.940. The molecule has 3 rings (SSSR count). The first kappa shape index (κ1) is 8.04. The number of carbonyl (C=O) groups is 1. The van der Waals surface area contributed by atoms with Crippen molar-refractivity contribution in [2.45, 2.75) is 19.3 Å². The maximum Gasteiger partial charge on any atom is 0.231 e. The second kappa shape index (κ2) is 2.84. The van der Waals surface area contributed by atoms with Crippen molar-refractivity contribution in [1.82, 2.24) is 0 Å². The number of rotatable bonds is 2. The van der Waals surface area contributed by atoms with Gasteiger partial charge in [0, 0.05) is 12.2 Å². The molecular formula is C12H13NO. The van der Waals surface area contributed by atoms with Gasteiger partial charge in [0.2, 0.25) is 5.91 Å². The molecule has 0 bridgehead atoms. The summed E-state index contributed by atoms with van der Waals surface area (Å²) in [4.78, 5) is 13.7. The number of hydrogen-bond donors (Lipinski definition) is 0. The van der Waals surface area contributed by atoms with E-state index in [1.165, 1.54) is 18.4 Å². The fourth-order valence-corrected chi connectivity index (χ4v) is 2.08. The molecule has 1 heterocycles. The average Bonchev–Trinajstić information content (AvgIpc) is 2.93. The number of benzene rings is 1. The molecule has 1 aliphatic heterocycles. The fraction of sp³-hybridized carbons (Fsp3) is 0.417. The Balaban J connectivity index is 1.92. The Hall–Kier alpha value is -1.31. The van der Waals surface area contributed by atoms with Crippen LogP contribution in [0.1, 0.15) is 18.4 Å². The molecule has 72 valence electrons. The van der Waals surface area contributed by atoms with Gasteiger partial charge in [0.1, 0.15) is 0 Å². The standard InChI is InChI=1S/C12H13NO/c14-12-7-10-3-1-2-4-11(10)13(12)8-9-5-6-9/h1-4,9H,5-8H2. The third-order valence-electron chi connectivity index (χ3n) is 3.06. The lowest BCUT2D eigenvalue weighted by Crippen LogP contribution is -2.28. The van der Waals surface area contributed by atoms with Crippen molar-refractivity contribution in [2.24, 2.45) is 5.92 Å². The molecule has 0 radical (unpaired) electrons. The summed E-state index contributed by atoms with van der Waals surface area (Å²) in [5, 5.41) is 0. The maximum absolute atomic E-state index is 11.7. The van der Waals surface area contributed by atoms with E-state index in [9.17, 15) is 4.79 Å². The summed E-state index contributed by atoms with van der Waals surface area (Å²) in [5.74, 6) is 1.04. The summed E-state index contributed by atoms with van der Waals surface area (Å²) in [6.07, 6.45) is 3.20. The van der Waals surface area contributed by atoms with Crippen LogP contribution in [0.5, 0.6) is 0 Å². The van der Waals surface area contributed by atoms with E-state index in [4.69, 9.17) is 0 Å². The van der Waals surface area contributed by atoms with E-state index >= 15 is 0 Å². The monoisotopic (exact) mass is 187 g/mol. The van der Waals surface area contributed by atoms with Crippen LogP contribution in [-0.4, -0.2) is 12.5 Å². The van der Waals surface area contributed by atoms with E-state index in [1.54, 1.807) is 0 Å². The molecule has 14 heavy (non-hydrogen) atoms. The van der Waals surface area contributed by atoms with Gasteiger partial charge in [-0.05, 0) is 30.4 Å². The molecule has 0 saturated heterocycles. The summed E-state index contributed by atoms with van der Waals surface area (Å²) in [6, 6.07) is 8.13. The molecule has 2 aliphatic rings. The first-order valence-electron chi connectivity index (χ1n) is 5.23. The minimum Gasteiger partial charge on any atom is -0.312 e. The quantitative estimate of drug-likeness (QED) is 0.693. The Labute approximate surface area is 83.5 Å². The summed E-state index contributed by atoms with van der Waals surface area (Å²) >= 11 is 0. The lowest BCUT2D eigenvalue weighted by atomic mass is 10.2. The molecule has 1 aromatic carbocycles. The minimum atomic E-state index is 0.276. The highest BCUT2D eigenvalue weighted by Gasteiger charge is 2.32. The third kappa shape index (κ3) is 1.22. The lowest BCUT2D eigenvalue weighted by molar-refractivity contribution is -0.117. The number of anilines is 1. The summed E-state index contributed by atoms with van der Waals surface area (Å²) in [7, 11) is 0. The van der Waals surface area contributed by atoms with E-state index in [-0.39, 0.29) is 5.91 Å². The van der Waals surface area contributed by atoms with Crippen LogP contribution in [0.25, 0.3) is 0 Å².